The van der Waals surface area contributed by atoms with Crippen LogP contribution < -0.4 is 5.32 Å². The molecule has 128 valence electrons. The van der Waals surface area contributed by atoms with Crippen molar-refractivity contribution in [3.63, 3.8) is 0 Å². The zero-order chi connectivity index (χ0) is 17.4. The van der Waals surface area contributed by atoms with Gasteiger partial charge in [-0.15, -0.1) is 0 Å². The third-order valence-corrected chi connectivity index (χ3v) is 4.15. The lowest BCUT2D eigenvalue weighted by atomic mass is 10.0. The fraction of sp³-hybridized carbons (Fsp3) is 0.400. The maximum absolute atomic E-state index is 12.5. The molecule has 0 radical (unpaired) electrons. The highest BCUT2D eigenvalue weighted by atomic mass is 16.5. The maximum atomic E-state index is 12.5. The Balaban J connectivity index is 2.05. The summed E-state index contributed by atoms with van der Waals surface area (Å²) >= 11 is 0. The molecule has 2 aromatic carbocycles. The van der Waals surface area contributed by atoms with Gasteiger partial charge < -0.3 is 10.1 Å². The Morgan fingerprint density at radius 2 is 1.79 bits per heavy atom. The zero-order valence-corrected chi connectivity index (χ0v) is 14.4. The number of esters is 1. The predicted molar refractivity (Wildman–Crippen MR) is 96.0 cm³/mol. The van der Waals surface area contributed by atoms with Crippen molar-refractivity contribution >= 4 is 22.6 Å². The summed E-state index contributed by atoms with van der Waals surface area (Å²) in [6.07, 6.45) is 4.81. The van der Waals surface area contributed by atoms with Crippen LogP contribution in [0.1, 0.15) is 49.4 Å². The first-order chi connectivity index (χ1) is 11.7. The fourth-order valence-electron chi connectivity index (χ4n) is 2.74. The first kappa shape index (κ1) is 18.0. The molecule has 0 spiro atoms. The lowest BCUT2D eigenvalue weighted by Crippen LogP contribution is -2.41. The van der Waals surface area contributed by atoms with Crippen LogP contribution >= 0.6 is 0 Å². The first-order valence-electron chi connectivity index (χ1n) is 8.53. The van der Waals surface area contributed by atoms with Crippen molar-refractivity contribution in [1.82, 2.24) is 5.32 Å². The van der Waals surface area contributed by atoms with E-state index in [1.54, 1.807) is 6.07 Å². The number of rotatable bonds is 8. The van der Waals surface area contributed by atoms with Gasteiger partial charge in [-0.05, 0) is 29.3 Å². The number of nitrogens with one attached hydrogen (secondary N) is 1. The summed E-state index contributed by atoms with van der Waals surface area (Å²) in [5.74, 6) is -0.632. The van der Waals surface area contributed by atoms with Gasteiger partial charge in [-0.2, -0.15) is 0 Å². The number of methoxy groups -OCH3 is 1. The molecule has 0 aliphatic carbocycles. The number of carbonyl (C=O) groups excluding carboxylic acids is 2. The van der Waals surface area contributed by atoms with Crippen molar-refractivity contribution < 1.29 is 14.3 Å². The summed E-state index contributed by atoms with van der Waals surface area (Å²) in [7, 11) is 1.35. The molecule has 0 saturated carbocycles. The number of unbranched alkanes of at least 4 members (excludes halogenated alkanes) is 3. The molecule has 1 amide bonds. The Hall–Kier alpha value is -2.36. The normalized spacial score (nSPS) is 11.9. The van der Waals surface area contributed by atoms with Crippen LogP contribution in [0.25, 0.3) is 10.8 Å². The minimum atomic E-state index is -0.592. The lowest BCUT2D eigenvalue weighted by molar-refractivity contribution is -0.143. The number of hydrogen-bond acceptors (Lipinski definition) is 3. The van der Waals surface area contributed by atoms with Gasteiger partial charge in [0.1, 0.15) is 6.04 Å². The van der Waals surface area contributed by atoms with Gasteiger partial charge in [0.05, 0.1) is 7.11 Å². The average Bonchev–Trinajstić information content (AvgIpc) is 2.63. The minimum absolute atomic E-state index is 0.244. The van der Waals surface area contributed by atoms with Crippen LogP contribution in [0.2, 0.25) is 0 Å². The second kappa shape index (κ2) is 9.06. The van der Waals surface area contributed by atoms with Gasteiger partial charge in [-0.1, -0.05) is 62.9 Å². The molecular formula is C20H25NO3. The minimum Gasteiger partial charge on any atom is -0.467 e. The molecule has 0 aromatic heterocycles. The van der Waals surface area contributed by atoms with Crippen LogP contribution in [0.3, 0.4) is 0 Å². The summed E-state index contributed by atoms with van der Waals surface area (Å²) in [5.41, 5.74) is 0.552. The van der Waals surface area contributed by atoms with Crippen LogP contribution in [0.4, 0.5) is 0 Å². The molecule has 1 atom stereocenters. The van der Waals surface area contributed by atoms with Gasteiger partial charge >= 0.3 is 5.97 Å². The number of hydrogen-bond donors (Lipinski definition) is 1. The molecule has 0 fully saturated rings. The van der Waals surface area contributed by atoms with E-state index in [9.17, 15) is 9.59 Å². The Labute approximate surface area is 143 Å². The molecule has 0 bridgehead atoms. The monoisotopic (exact) mass is 327 g/mol. The van der Waals surface area contributed by atoms with E-state index >= 15 is 0 Å². The maximum Gasteiger partial charge on any atom is 0.328 e. The molecule has 0 unspecified atom stereocenters. The van der Waals surface area contributed by atoms with Crippen molar-refractivity contribution in [2.45, 2.75) is 45.1 Å². The van der Waals surface area contributed by atoms with Gasteiger partial charge in [0.25, 0.3) is 5.91 Å². The molecule has 4 nitrogen and oxygen atoms in total. The van der Waals surface area contributed by atoms with Crippen LogP contribution in [0.15, 0.2) is 42.5 Å². The predicted octanol–water partition coefficient (Wildman–Crippen LogP) is 4.08. The van der Waals surface area contributed by atoms with Crippen LogP contribution in [0, 0.1) is 0 Å². The molecule has 0 heterocycles. The molecule has 2 rings (SSSR count). The van der Waals surface area contributed by atoms with Crippen molar-refractivity contribution in [3.8, 4) is 0 Å². The Morgan fingerprint density at radius 3 is 2.50 bits per heavy atom. The summed E-state index contributed by atoms with van der Waals surface area (Å²) in [4.78, 5) is 24.4. The van der Waals surface area contributed by atoms with Gasteiger partial charge in [0.15, 0.2) is 0 Å². The van der Waals surface area contributed by atoms with Crippen LogP contribution in [-0.4, -0.2) is 25.0 Å². The number of fused-ring (bicyclic) bond motifs is 1. The standard InChI is InChI=1S/C20H25NO3/c1-3-4-5-6-11-18(20(23)24-2)21-19(22)17-13-12-15-9-7-8-10-16(15)14-17/h7-10,12-14,18H,3-6,11H2,1-2H3,(H,21,22)/t18-/m1/s1. The van der Waals surface area contributed by atoms with Gasteiger partial charge in [-0.3, -0.25) is 4.79 Å². The number of ether oxygens (including phenoxy) is 1. The van der Waals surface area contributed by atoms with E-state index in [0.29, 0.717) is 12.0 Å². The first-order valence-corrected chi connectivity index (χ1v) is 8.53. The zero-order valence-electron chi connectivity index (χ0n) is 14.4. The third-order valence-electron chi connectivity index (χ3n) is 4.15. The quantitative estimate of drug-likeness (QED) is 0.587. The fourth-order valence-corrected chi connectivity index (χ4v) is 2.74. The van der Waals surface area contributed by atoms with Gasteiger partial charge in [0, 0.05) is 5.56 Å². The molecular weight excluding hydrogens is 302 g/mol. The van der Waals surface area contributed by atoms with Crippen LogP contribution in [0.5, 0.6) is 0 Å². The van der Waals surface area contributed by atoms with Gasteiger partial charge in [0.2, 0.25) is 0 Å². The Morgan fingerprint density at radius 1 is 1.04 bits per heavy atom. The van der Waals surface area contributed by atoms with E-state index < -0.39 is 6.04 Å². The van der Waals surface area contributed by atoms with E-state index in [2.05, 4.69) is 12.2 Å². The SMILES string of the molecule is CCCCCC[C@@H](NC(=O)c1ccc2ccccc2c1)C(=O)OC. The third kappa shape index (κ3) is 4.82. The highest BCUT2D eigenvalue weighted by Crippen LogP contribution is 2.16. The van der Waals surface area contributed by atoms with E-state index in [4.69, 9.17) is 4.74 Å². The molecule has 2 aromatic rings. The van der Waals surface area contributed by atoms with Crippen molar-refractivity contribution in [3.05, 3.63) is 48.0 Å². The highest BCUT2D eigenvalue weighted by molar-refractivity contribution is 6.00. The van der Waals surface area contributed by atoms with E-state index in [1.807, 2.05) is 36.4 Å². The number of carbonyl (C=O) groups is 2. The summed E-state index contributed by atoms with van der Waals surface area (Å²) in [6, 6.07) is 12.8. The van der Waals surface area contributed by atoms with Crippen molar-refractivity contribution in [2.75, 3.05) is 7.11 Å². The number of amides is 1. The second-order valence-electron chi connectivity index (χ2n) is 5.96. The highest BCUT2D eigenvalue weighted by Gasteiger charge is 2.21. The van der Waals surface area contributed by atoms with Crippen LogP contribution in [-0.2, 0) is 9.53 Å². The molecule has 0 saturated heterocycles. The van der Waals surface area contributed by atoms with Gasteiger partial charge in [-0.25, -0.2) is 4.79 Å². The average molecular weight is 327 g/mol. The van der Waals surface area contributed by atoms with E-state index in [1.165, 1.54) is 7.11 Å². The molecule has 4 heteroatoms. The van der Waals surface area contributed by atoms with E-state index in [-0.39, 0.29) is 11.9 Å². The topological polar surface area (TPSA) is 55.4 Å². The number of benzene rings is 2. The van der Waals surface area contributed by atoms with E-state index in [0.717, 1.165) is 36.5 Å². The largest absolute Gasteiger partial charge is 0.467 e. The Kier molecular flexibility index (Phi) is 6.79. The summed E-state index contributed by atoms with van der Waals surface area (Å²) in [5, 5.41) is 4.90. The lowest BCUT2D eigenvalue weighted by Gasteiger charge is -2.16. The van der Waals surface area contributed by atoms with Crippen molar-refractivity contribution in [2.24, 2.45) is 0 Å². The molecule has 0 aliphatic heterocycles. The molecule has 1 N–H and O–H groups in total. The molecule has 0 aliphatic rings. The molecule has 24 heavy (non-hydrogen) atoms. The second-order valence-corrected chi connectivity index (χ2v) is 5.96. The Bertz CT molecular complexity index is 696. The summed E-state index contributed by atoms with van der Waals surface area (Å²) < 4.78 is 4.82. The smallest absolute Gasteiger partial charge is 0.328 e. The summed E-state index contributed by atoms with van der Waals surface area (Å²) in [6.45, 7) is 2.14. The van der Waals surface area contributed by atoms with Crippen molar-refractivity contribution in [1.29, 1.82) is 0 Å².